The maximum atomic E-state index is 12.6. The van der Waals surface area contributed by atoms with Gasteiger partial charge in [-0.1, -0.05) is 38.1 Å². The van der Waals surface area contributed by atoms with Crippen LogP contribution in [0.15, 0.2) is 34.6 Å². The first-order valence-electron chi connectivity index (χ1n) is 9.87. The van der Waals surface area contributed by atoms with Crippen LogP contribution in [0.3, 0.4) is 0 Å². The number of nitrogens with one attached hydrogen (secondary N) is 2. The first-order chi connectivity index (χ1) is 13.6. The van der Waals surface area contributed by atoms with Gasteiger partial charge in [0.2, 0.25) is 5.91 Å². The number of nitrogens with zero attached hydrogens (tertiary/aromatic N) is 3. The van der Waals surface area contributed by atoms with Crippen LogP contribution >= 0.6 is 35.3 Å². The molecule has 0 spiro atoms. The third-order valence-corrected chi connectivity index (χ3v) is 5.64. The van der Waals surface area contributed by atoms with Crippen molar-refractivity contribution in [1.82, 2.24) is 20.5 Å². The molecule has 6 nitrogen and oxygen atoms in total. The number of aromatic nitrogens is 1. The second kappa shape index (κ2) is 11.5. The Balaban J connectivity index is 0.00000300. The van der Waals surface area contributed by atoms with Crippen LogP contribution in [0, 0.1) is 0 Å². The van der Waals surface area contributed by atoms with E-state index in [-0.39, 0.29) is 36.4 Å². The fourth-order valence-corrected chi connectivity index (χ4v) is 4.02. The highest BCUT2D eigenvalue weighted by Crippen LogP contribution is 2.19. The summed E-state index contributed by atoms with van der Waals surface area (Å²) in [6, 6.07) is 8.33. The number of hydrogen-bond donors (Lipinski definition) is 2. The van der Waals surface area contributed by atoms with E-state index in [0.29, 0.717) is 25.0 Å². The van der Waals surface area contributed by atoms with Gasteiger partial charge in [0.25, 0.3) is 0 Å². The van der Waals surface area contributed by atoms with Gasteiger partial charge in [-0.2, -0.15) is 0 Å². The van der Waals surface area contributed by atoms with Crippen LogP contribution < -0.4 is 10.6 Å². The molecule has 0 saturated heterocycles. The molecule has 1 aliphatic rings. The van der Waals surface area contributed by atoms with E-state index in [4.69, 9.17) is 0 Å². The van der Waals surface area contributed by atoms with Crippen LogP contribution in [0.5, 0.6) is 0 Å². The zero-order valence-corrected chi connectivity index (χ0v) is 20.4. The van der Waals surface area contributed by atoms with E-state index < -0.39 is 0 Å². The van der Waals surface area contributed by atoms with Crippen LogP contribution in [-0.4, -0.2) is 41.4 Å². The summed E-state index contributed by atoms with van der Waals surface area (Å²) >= 11 is 1.65. The zero-order valence-electron chi connectivity index (χ0n) is 17.3. The molecule has 1 aliphatic heterocycles. The summed E-state index contributed by atoms with van der Waals surface area (Å²) in [7, 11) is 0. The molecule has 0 unspecified atom stereocenters. The molecule has 2 N–H and O–H groups in total. The SMILES string of the molecule is CCNC(=NCC(=O)N1CCc2ccccc2C1)NCc1nc(C(C)C)cs1.I. The Bertz CT molecular complexity index is 836. The minimum absolute atomic E-state index is 0. The van der Waals surface area contributed by atoms with Crippen molar-refractivity contribution in [3.63, 3.8) is 0 Å². The molecule has 2 aromatic rings. The van der Waals surface area contributed by atoms with Crippen molar-refractivity contribution in [3.8, 4) is 0 Å². The van der Waals surface area contributed by atoms with E-state index >= 15 is 0 Å². The lowest BCUT2D eigenvalue weighted by Gasteiger charge is -2.28. The number of thiazole rings is 1. The number of benzene rings is 1. The van der Waals surface area contributed by atoms with Crippen molar-refractivity contribution in [2.45, 2.75) is 46.2 Å². The van der Waals surface area contributed by atoms with Crippen molar-refractivity contribution in [2.24, 2.45) is 4.99 Å². The maximum Gasteiger partial charge on any atom is 0.244 e. The summed E-state index contributed by atoms with van der Waals surface area (Å²) in [6.45, 7) is 9.22. The molecule has 0 bridgehead atoms. The molecule has 0 saturated carbocycles. The molecule has 29 heavy (non-hydrogen) atoms. The molecule has 3 rings (SSSR count). The minimum atomic E-state index is 0. The number of hydrogen-bond acceptors (Lipinski definition) is 4. The molecule has 0 fully saturated rings. The lowest BCUT2D eigenvalue weighted by atomic mass is 10.00. The fraction of sp³-hybridized carbons (Fsp3) is 0.476. The molecule has 0 radical (unpaired) electrons. The topological polar surface area (TPSA) is 69.6 Å². The van der Waals surface area contributed by atoms with E-state index in [1.807, 2.05) is 17.9 Å². The number of rotatable bonds is 6. The van der Waals surface area contributed by atoms with E-state index in [0.717, 1.165) is 30.2 Å². The normalized spacial score (nSPS) is 13.7. The van der Waals surface area contributed by atoms with Gasteiger partial charge in [-0.3, -0.25) is 4.79 Å². The summed E-state index contributed by atoms with van der Waals surface area (Å²) in [6.07, 6.45) is 0.909. The molecule has 1 amide bonds. The molecular formula is C21H30IN5OS. The van der Waals surface area contributed by atoms with Crippen LogP contribution in [0.2, 0.25) is 0 Å². The number of aliphatic imine (C=N–C) groups is 1. The Kier molecular flexibility index (Phi) is 9.35. The van der Waals surface area contributed by atoms with E-state index in [1.54, 1.807) is 11.3 Å². The summed E-state index contributed by atoms with van der Waals surface area (Å²) in [4.78, 5) is 23.6. The number of amides is 1. The van der Waals surface area contributed by atoms with Crippen molar-refractivity contribution < 1.29 is 4.79 Å². The highest BCUT2D eigenvalue weighted by atomic mass is 127. The standard InChI is InChI=1S/C21H29N5OS.HI/c1-4-22-21(23-11-19-25-18(14-28-19)15(2)3)24-12-20(27)26-10-9-16-7-5-6-8-17(16)13-26;/h5-8,14-15H,4,9-13H2,1-3H3,(H2,22,23,24);1H. The van der Waals surface area contributed by atoms with E-state index in [9.17, 15) is 4.79 Å². The Morgan fingerprint density at radius 1 is 1.28 bits per heavy atom. The van der Waals surface area contributed by atoms with Crippen LogP contribution in [0.25, 0.3) is 0 Å². The number of carbonyl (C=O) groups is 1. The predicted molar refractivity (Wildman–Crippen MR) is 130 cm³/mol. The summed E-state index contributed by atoms with van der Waals surface area (Å²) in [5.74, 6) is 1.14. The Morgan fingerprint density at radius 3 is 2.72 bits per heavy atom. The van der Waals surface area contributed by atoms with E-state index in [2.05, 4.69) is 58.0 Å². The second-order valence-electron chi connectivity index (χ2n) is 7.20. The van der Waals surface area contributed by atoms with Gasteiger partial charge in [0.05, 0.1) is 12.2 Å². The first kappa shape index (κ1) is 23.6. The largest absolute Gasteiger partial charge is 0.357 e. The quantitative estimate of drug-likeness (QED) is 0.343. The molecule has 8 heteroatoms. The Labute approximate surface area is 194 Å². The van der Waals surface area contributed by atoms with Crippen molar-refractivity contribution in [2.75, 3.05) is 19.6 Å². The Morgan fingerprint density at radius 2 is 2.03 bits per heavy atom. The highest BCUT2D eigenvalue weighted by Gasteiger charge is 2.20. The third-order valence-electron chi connectivity index (χ3n) is 4.77. The average Bonchev–Trinajstić information content (AvgIpc) is 3.19. The summed E-state index contributed by atoms with van der Waals surface area (Å²) < 4.78 is 0. The van der Waals surface area contributed by atoms with Gasteiger partial charge in [-0.15, -0.1) is 35.3 Å². The molecule has 1 aromatic carbocycles. The summed E-state index contributed by atoms with van der Waals surface area (Å²) in [5, 5.41) is 9.60. The molecule has 0 aliphatic carbocycles. The van der Waals surface area contributed by atoms with Crippen LogP contribution in [0.1, 0.15) is 48.5 Å². The number of halogens is 1. The van der Waals surface area contributed by atoms with Gasteiger partial charge >= 0.3 is 0 Å². The molecule has 2 heterocycles. The zero-order chi connectivity index (χ0) is 19.9. The van der Waals surface area contributed by atoms with Crippen molar-refractivity contribution in [1.29, 1.82) is 0 Å². The molecule has 1 aromatic heterocycles. The Hall–Kier alpha value is -1.68. The first-order valence-corrected chi connectivity index (χ1v) is 10.8. The third kappa shape index (κ3) is 6.67. The molecule has 0 atom stereocenters. The van der Waals surface area contributed by atoms with Gasteiger partial charge < -0.3 is 15.5 Å². The van der Waals surface area contributed by atoms with Crippen molar-refractivity contribution in [3.05, 3.63) is 51.5 Å². The second-order valence-corrected chi connectivity index (χ2v) is 8.15. The maximum absolute atomic E-state index is 12.6. The van der Waals surface area contributed by atoms with Gasteiger partial charge in [-0.25, -0.2) is 9.98 Å². The van der Waals surface area contributed by atoms with Gasteiger partial charge in [-0.05, 0) is 30.4 Å². The molecule has 158 valence electrons. The molecular weight excluding hydrogens is 497 g/mol. The van der Waals surface area contributed by atoms with Gasteiger partial charge in [0.15, 0.2) is 5.96 Å². The lowest BCUT2D eigenvalue weighted by molar-refractivity contribution is -0.130. The predicted octanol–water partition coefficient (Wildman–Crippen LogP) is 3.52. The highest BCUT2D eigenvalue weighted by molar-refractivity contribution is 14.0. The van der Waals surface area contributed by atoms with Gasteiger partial charge in [0.1, 0.15) is 11.6 Å². The smallest absolute Gasteiger partial charge is 0.244 e. The van der Waals surface area contributed by atoms with Crippen LogP contribution in [0.4, 0.5) is 0 Å². The number of fused-ring (bicyclic) bond motifs is 1. The van der Waals surface area contributed by atoms with Gasteiger partial charge in [0, 0.05) is 25.0 Å². The number of carbonyl (C=O) groups excluding carboxylic acids is 1. The number of guanidine groups is 1. The minimum Gasteiger partial charge on any atom is -0.357 e. The van der Waals surface area contributed by atoms with Crippen LogP contribution in [-0.2, 0) is 24.3 Å². The van der Waals surface area contributed by atoms with E-state index in [1.165, 1.54) is 11.1 Å². The lowest BCUT2D eigenvalue weighted by Crippen LogP contribution is -2.40. The monoisotopic (exact) mass is 527 g/mol. The summed E-state index contributed by atoms with van der Waals surface area (Å²) in [5.41, 5.74) is 3.69. The van der Waals surface area contributed by atoms with Crippen molar-refractivity contribution >= 4 is 47.2 Å². The average molecular weight is 527 g/mol. The fourth-order valence-electron chi connectivity index (χ4n) is 3.13.